The van der Waals surface area contributed by atoms with Crippen molar-refractivity contribution >= 4 is 66.4 Å². The molecule has 14 heteroatoms. The molecule has 10 aliphatic rings. The Labute approximate surface area is 562 Å². The van der Waals surface area contributed by atoms with Crippen LogP contribution in [0.15, 0.2) is 105 Å². The molecule has 0 amide bonds. The third kappa shape index (κ3) is 20.7. The molecule has 0 aromatic heterocycles. The molecule has 2 N–H and O–H groups in total. The summed E-state index contributed by atoms with van der Waals surface area (Å²) in [6.45, 7) is 35.5. The van der Waals surface area contributed by atoms with Gasteiger partial charge in [0.1, 0.15) is 18.3 Å². The minimum Gasteiger partial charge on any atom is -0.459 e. The molecule has 0 bridgehead atoms. The van der Waals surface area contributed by atoms with Crippen LogP contribution in [0.2, 0.25) is 39.3 Å². The first-order chi connectivity index (χ1) is 42.6. The van der Waals surface area contributed by atoms with E-state index in [9.17, 15) is 24.6 Å². The molecule has 90 heavy (non-hydrogen) atoms. The Kier molecular flexibility index (Phi) is 28.1. The van der Waals surface area contributed by atoms with Crippen molar-refractivity contribution in [3.8, 4) is 12.3 Å². The van der Waals surface area contributed by atoms with Gasteiger partial charge in [0.2, 0.25) is 0 Å². The van der Waals surface area contributed by atoms with Gasteiger partial charge in [-0.05, 0) is 279 Å². The van der Waals surface area contributed by atoms with Crippen LogP contribution in [-0.4, -0.2) is 87.5 Å². The number of cyclic esters (lactones) is 3. The predicted octanol–water partition coefficient (Wildman–Crippen LogP) is 18.6. The Hall–Kier alpha value is -3.14. The number of ether oxygens (including phenoxy) is 3. The normalized spacial score (nSPS) is 35.0. The number of carbonyl (C=O) groups excluding carboxylic acids is 3. The van der Waals surface area contributed by atoms with Crippen LogP contribution in [-0.2, 0) is 37.4 Å². The third-order valence-corrected chi connectivity index (χ3v) is 25.1. The maximum atomic E-state index is 11.7. The van der Waals surface area contributed by atoms with Crippen LogP contribution in [0.25, 0.3) is 0 Å². The van der Waals surface area contributed by atoms with E-state index in [1.54, 1.807) is 11.1 Å². The maximum Gasteiger partial charge on any atom is 0.334 e. The fourth-order valence-electron chi connectivity index (χ4n) is 17.8. The zero-order chi connectivity index (χ0) is 65.8. The van der Waals surface area contributed by atoms with Crippen molar-refractivity contribution in [2.75, 3.05) is 0 Å². The third-order valence-electron chi connectivity index (χ3n) is 21.8. The van der Waals surface area contributed by atoms with Gasteiger partial charge in [-0.25, -0.2) is 14.4 Å². The van der Waals surface area contributed by atoms with E-state index in [-0.39, 0.29) is 48.4 Å². The molecule has 7 aliphatic carbocycles. The summed E-state index contributed by atoms with van der Waals surface area (Å²) in [5, 5.41) is 20.1. The van der Waals surface area contributed by atoms with Crippen molar-refractivity contribution in [2.24, 2.45) is 71.0 Å². The van der Waals surface area contributed by atoms with Gasteiger partial charge in [0.15, 0.2) is 16.6 Å². The van der Waals surface area contributed by atoms with Crippen LogP contribution >= 0.6 is 31.9 Å². The van der Waals surface area contributed by atoms with Crippen molar-refractivity contribution in [1.29, 1.82) is 0 Å². The Bertz CT molecular complexity index is 2740. The highest BCUT2D eigenvalue weighted by Crippen LogP contribution is 2.55. The SMILES string of the molecule is C#CC[C@H](C[C@@H](C=C)O[Si](C)(C)C)O[Si](C)(C)C.C=C1/C(=C\C=C2/CCCC3C2CC[C@@H]3[C@H](C)C[C@H]2C=C(C)C(=O)O2)C[C@@H](O)C[C@@H]1O.C=C1C[C@H](C[C@@H](C)[C@H]2CCC3/C(=C/Br)CCCC32)OC1=O.CC1=C[C@H](C[C@@H](C)[C@H]2CCC3/C(=C/Br)CCCC32)OC1=O. The van der Waals surface area contributed by atoms with Crippen LogP contribution in [0.5, 0.6) is 0 Å². The van der Waals surface area contributed by atoms with Gasteiger partial charge < -0.3 is 33.3 Å². The molecule has 19 atom stereocenters. The number of esters is 3. The average molecular weight is 1400 g/mol. The van der Waals surface area contributed by atoms with Gasteiger partial charge >= 0.3 is 17.9 Å². The first-order valence-electron chi connectivity index (χ1n) is 34.7. The lowest BCUT2D eigenvalue weighted by Crippen LogP contribution is -2.37. The molecule has 0 aromatic carbocycles. The van der Waals surface area contributed by atoms with Crippen LogP contribution in [0.1, 0.15) is 182 Å². The second kappa shape index (κ2) is 34.0. The first kappa shape index (κ1) is 74.3. The topological polar surface area (TPSA) is 138 Å². The fraction of sp³-hybridized carbons (Fsp3) is 0.697. The molecular weight excluding hydrogens is 1290 g/mol. The second-order valence-corrected chi connectivity index (χ2v) is 40.5. The predicted molar refractivity (Wildman–Crippen MR) is 378 cm³/mol. The molecule has 1 saturated heterocycles. The fourth-order valence-corrected chi connectivity index (χ4v) is 21.2. The van der Waals surface area contributed by atoms with E-state index >= 15 is 0 Å². The Morgan fingerprint density at radius 2 is 1.10 bits per heavy atom. The Morgan fingerprint density at radius 3 is 1.50 bits per heavy atom. The quantitative estimate of drug-likeness (QED) is 0.0341. The van der Waals surface area contributed by atoms with Crippen LogP contribution in [0, 0.1) is 83.4 Å². The summed E-state index contributed by atoms with van der Waals surface area (Å²) in [5.74, 6) is 11.0. The van der Waals surface area contributed by atoms with E-state index in [2.05, 4.69) is 140 Å². The molecule has 500 valence electrons. The zero-order valence-electron chi connectivity index (χ0n) is 56.9. The van der Waals surface area contributed by atoms with Crippen LogP contribution in [0.3, 0.4) is 0 Å². The van der Waals surface area contributed by atoms with Crippen molar-refractivity contribution in [1.82, 2.24) is 0 Å². The molecular formula is C76H114Br2O10Si2. The molecule has 3 heterocycles. The summed E-state index contributed by atoms with van der Waals surface area (Å²) in [4.78, 5) is 39.0. The van der Waals surface area contributed by atoms with Crippen LogP contribution < -0.4 is 0 Å². The molecule has 3 aliphatic heterocycles. The lowest BCUT2D eigenvalue weighted by atomic mass is 9.71. The molecule has 8 fully saturated rings. The van der Waals surface area contributed by atoms with E-state index in [1.165, 1.54) is 95.5 Å². The number of aliphatic hydroxyl groups is 2. The molecule has 10 nitrogen and oxygen atoms in total. The molecule has 0 aromatic rings. The average Bonchev–Trinajstić information content (AvgIpc) is 1.78. The van der Waals surface area contributed by atoms with Crippen molar-refractivity contribution < 1.29 is 47.7 Å². The summed E-state index contributed by atoms with van der Waals surface area (Å²) in [6.07, 6.45) is 40.3. The number of carbonyl (C=O) groups is 3. The number of fused-ring (bicyclic) bond motifs is 3. The number of hydrogen-bond acceptors (Lipinski definition) is 10. The number of allylic oxidation sites excluding steroid dienone is 5. The van der Waals surface area contributed by atoms with Crippen molar-refractivity contribution in [3.05, 3.63) is 105 Å². The van der Waals surface area contributed by atoms with Gasteiger partial charge in [0.25, 0.3) is 0 Å². The van der Waals surface area contributed by atoms with Crippen molar-refractivity contribution in [2.45, 2.75) is 264 Å². The molecule has 0 radical (unpaired) electrons. The smallest absolute Gasteiger partial charge is 0.334 e. The summed E-state index contributed by atoms with van der Waals surface area (Å²) in [6, 6.07) is 0. The van der Waals surface area contributed by atoms with Gasteiger partial charge in [0.05, 0.1) is 24.4 Å². The van der Waals surface area contributed by atoms with Gasteiger partial charge in [0, 0.05) is 42.4 Å². The number of terminal acetylenes is 1. The summed E-state index contributed by atoms with van der Waals surface area (Å²) < 4.78 is 28.5. The summed E-state index contributed by atoms with van der Waals surface area (Å²) in [7, 11) is -3.13. The standard InChI is InChI=1S/C26H36O4.2C18H25BrO2.C14H28O2Si2/c1-15(11-21-12-16(2)26(29)30-21)22-9-10-23-18(5-4-6-24(22)23)7-8-19-13-20(27)14-25(28)17(19)3;2*1-11(8-14-9-12(2)18(20)21-14)15-6-7-16-13(10-19)4-3-5-17(15)16;1-9-11-14(16-18(6,7)8)12-13(10-2)15-17(3,4)5/h7-8,12,15,20-25,27-28H,3-6,9-11,13-14H2,1-2H3;9-11,14-17H,3-8H2,1-2H3;10-11,14-17H,2-9H2,1H3;1,10,13-14H,2,11-12H2,3-8H3/b18-7+,19-8-;2*13-10+;/t15-,20-,21+,22-,23?,24?,25+;2*11-,14+,15-,16?,17?;13-,14-/m1111/s1. The second-order valence-electron chi connectivity index (χ2n) is 30.7. The van der Waals surface area contributed by atoms with Gasteiger partial charge in [-0.2, -0.15) is 0 Å². The van der Waals surface area contributed by atoms with E-state index < -0.39 is 28.8 Å². The lowest BCUT2D eigenvalue weighted by molar-refractivity contribution is -0.141. The highest BCUT2D eigenvalue weighted by atomic mass is 79.9. The highest BCUT2D eigenvalue weighted by Gasteiger charge is 2.46. The number of rotatable bonds is 18. The van der Waals surface area contributed by atoms with Crippen LogP contribution in [0.4, 0.5) is 0 Å². The number of aliphatic hydroxyl groups excluding tert-OH is 2. The summed E-state index contributed by atoms with van der Waals surface area (Å²) in [5.41, 5.74) is 8.70. The lowest BCUT2D eigenvalue weighted by Gasteiger charge is -2.34. The molecule has 10 rings (SSSR count). The minimum atomic E-state index is -1.57. The molecule has 6 unspecified atom stereocenters. The first-order valence-corrected chi connectivity index (χ1v) is 43.4. The summed E-state index contributed by atoms with van der Waals surface area (Å²) >= 11 is 7.12. The largest absolute Gasteiger partial charge is 0.459 e. The van der Waals surface area contributed by atoms with E-state index in [0.29, 0.717) is 60.3 Å². The highest BCUT2D eigenvalue weighted by molar-refractivity contribution is 9.11. The van der Waals surface area contributed by atoms with E-state index in [1.807, 2.05) is 32.1 Å². The van der Waals surface area contributed by atoms with Gasteiger partial charge in [-0.3, -0.25) is 0 Å². The molecule has 7 saturated carbocycles. The maximum absolute atomic E-state index is 11.7. The van der Waals surface area contributed by atoms with Crippen molar-refractivity contribution in [3.63, 3.8) is 0 Å². The van der Waals surface area contributed by atoms with Gasteiger partial charge in [-0.15, -0.1) is 18.9 Å². The number of halogens is 2. The van der Waals surface area contributed by atoms with E-state index in [4.69, 9.17) is 29.5 Å². The minimum absolute atomic E-state index is 0.0151. The zero-order valence-corrected chi connectivity index (χ0v) is 62.1. The van der Waals surface area contributed by atoms with Gasteiger partial charge in [-0.1, -0.05) is 101 Å². The number of hydrogen-bond donors (Lipinski definition) is 2. The molecule has 0 spiro atoms. The monoisotopic (exact) mass is 1400 g/mol. The Balaban J connectivity index is 0.000000174. The van der Waals surface area contributed by atoms with E-state index in [0.717, 1.165) is 96.3 Å². The Morgan fingerprint density at radius 1 is 0.644 bits per heavy atom.